The summed E-state index contributed by atoms with van der Waals surface area (Å²) < 4.78 is 8.86. The van der Waals surface area contributed by atoms with Crippen LogP contribution in [0, 0.1) is 0 Å². The normalized spacial score (nSPS) is 11.7. The Hall–Kier alpha value is -6.16. The molecule has 0 atom stereocenters. The third-order valence-corrected chi connectivity index (χ3v) is 10.8. The highest BCUT2D eigenvalue weighted by molar-refractivity contribution is 7.25. The minimum atomic E-state index is 0.888. The molecular weight excluding hydrogens is 615 g/mol. The first-order valence-corrected chi connectivity index (χ1v) is 17.4. The van der Waals surface area contributed by atoms with Gasteiger partial charge in [-0.15, -0.1) is 11.3 Å². The Morgan fingerprint density at radius 2 is 1.04 bits per heavy atom. The van der Waals surface area contributed by atoms with Gasteiger partial charge < -0.3 is 9.32 Å². The molecule has 2 heterocycles. The van der Waals surface area contributed by atoms with Crippen molar-refractivity contribution >= 4 is 81.3 Å². The summed E-state index contributed by atoms with van der Waals surface area (Å²) in [5.74, 6) is 0. The van der Waals surface area contributed by atoms with E-state index in [0.29, 0.717) is 0 Å². The molecule has 10 rings (SSSR count). The van der Waals surface area contributed by atoms with Crippen molar-refractivity contribution in [3.63, 3.8) is 0 Å². The Labute approximate surface area is 287 Å². The summed E-state index contributed by atoms with van der Waals surface area (Å²) in [5, 5.41) is 7.33. The number of benzene rings is 8. The second-order valence-electron chi connectivity index (χ2n) is 12.6. The molecule has 0 spiro atoms. The average Bonchev–Trinajstić information content (AvgIpc) is 3.73. The Morgan fingerprint density at radius 1 is 0.388 bits per heavy atom. The Balaban J connectivity index is 1.17. The zero-order valence-electron chi connectivity index (χ0n) is 26.5. The van der Waals surface area contributed by atoms with Gasteiger partial charge in [0.05, 0.1) is 0 Å². The third kappa shape index (κ3) is 4.70. The van der Waals surface area contributed by atoms with Crippen molar-refractivity contribution in [3.8, 4) is 22.3 Å². The third-order valence-electron chi connectivity index (χ3n) is 9.62. The number of hydrogen-bond donors (Lipinski definition) is 0. The molecule has 0 radical (unpaired) electrons. The topological polar surface area (TPSA) is 16.4 Å². The second-order valence-corrected chi connectivity index (χ2v) is 13.6. The summed E-state index contributed by atoms with van der Waals surface area (Å²) in [6.45, 7) is 0. The maximum absolute atomic E-state index is 6.24. The zero-order chi connectivity index (χ0) is 32.3. The molecule has 0 fully saturated rings. The number of rotatable bonds is 5. The van der Waals surface area contributed by atoms with Gasteiger partial charge in [0.2, 0.25) is 0 Å². The van der Waals surface area contributed by atoms with Gasteiger partial charge in [0.25, 0.3) is 0 Å². The zero-order valence-corrected chi connectivity index (χ0v) is 27.3. The molecule has 0 aliphatic heterocycles. The van der Waals surface area contributed by atoms with E-state index in [1.807, 2.05) is 23.5 Å². The Morgan fingerprint density at radius 3 is 1.94 bits per heavy atom. The van der Waals surface area contributed by atoms with Gasteiger partial charge in [-0.05, 0) is 99.8 Å². The van der Waals surface area contributed by atoms with Gasteiger partial charge in [-0.1, -0.05) is 109 Å². The first kappa shape index (κ1) is 27.9. The van der Waals surface area contributed by atoms with Crippen molar-refractivity contribution in [2.75, 3.05) is 4.90 Å². The number of para-hydroxylation sites is 1. The van der Waals surface area contributed by atoms with Gasteiger partial charge in [0.15, 0.2) is 0 Å². The van der Waals surface area contributed by atoms with Crippen molar-refractivity contribution in [1.29, 1.82) is 0 Å². The van der Waals surface area contributed by atoms with E-state index in [1.54, 1.807) is 0 Å². The number of thiophene rings is 1. The first-order valence-electron chi connectivity index (χ1n) is 16.6. The molecule has 0 aliphatic carbocycles. The summed E-state index contributed by atoms with van der Waals surface area (Å²) in [5.41, 5.74) is 9.86. The van der Waals surface area contributed by atoms with Gasteiger partial charge in [0, 0.05) is 48.0 Å². The largest absolute Gasteiger partial charge is 0.456 e. The number of hydrogen-bond acceptors (Lipinski definition) is 3. The van der Waals surface area contributed by atoms with Crippen LogP contribution in [0.3, 0.4) is 0 Å². The highest BCUT2D eigenvalue weighted by Crippen LogP contribution is 2.44. The fourth-order valence-electron chi connectivity index (χ4n) is 7.32. The summed E-state index contributed by atoms with van der Waals surface area (Å²) in [4.78, 5) is 2.38. The molecule has 2 nitrogen and oxygen atoms in total. The van der Waals surface area contributed by atoms with Crippen molar-refractivity contribution < 1.29 is 4.42 Å². The number of anilines is 3. The fourth-order valence-corrected chi connectivity index (χ4v) is 8.45. The number of furan rings is 1. The SMILES string of the molecule is c1cc(-c2ccc3ccccc3c2)cc(N(c2cccc(-c3cccc4sc5ccccc5c34)c2)c2ccc3oc4ccccc4c3c2)c1. The Kier molecular flexibility index (Phi) is 6.39. The molecule has 0 bridgehead atoms. The lowest BCUT2D eigenvalue weighted by Crippen LogP contribution is -2.10. The molecule has 3 heteroatoms. The molecule has 0 aliphatic rings. The van der Waals surface area contributed by atoms with Gasteiger partial charge in [-0.2, -0.15) is 0 Å². The summed E-state index contributed by atoms with van der Waals surface area (Å²) in [6, 6.07) is 63.4. The second kappa shape index (κ2) is 11.2. The van der Waals surface area contributed by atoms with Crippen molar-refractivity contribution in [2.24, 2.45) is 0 Å². The van der Waals surface area contributed by atoms with E-state index < -0.39 is 0 Å². The van der Waals surface area contributed by atoms with Crippen LogP contribution in [0.5, 0.6) is 0 Å². The molecule has 8 aromatic carbocycles. The fraction of sp³-hybridized carbons (Fsp3) is 0. The van der Waals surface area contributed by atoms with Gasteiger partial charge in [0.1, 0.15) is 11.2 Å². The highest BCUT2D eigenvalue weighted by atomic mass is 32.1. The van der Waals surface area contributed by atoms with E-state index in [2.05, 4.69) is 169 Å². The maximum atomic E-state index is 6.24. The minimum absolute atomic E-state index is 0.888. The first-order chi connectivity index (χ1) is 24.3. The van der Waals surface area contributed by atoms with Crippen LogP contribution in [0.15, 0.2) is 180 Å². The molecule has 0 saturated carbocycles. The van der Waals surface area contributed by atoms with Gasteiger partial charge >= 0.3 is 0 Å². The molecular formula is C46H29NOS. The van der Waals surface area contributed by atoms with Crippen LogP contribution in [0.1, 0.15) is 0 Å². The van der Waals surface area contributed by atoms with Gasteiger partial charge in [-0.25, -0.2) is 0 Å². The van der Waals surface area contributed by atoms with Crippen molar-refractivity contribution in [1.82, 2.24) is 0 Å². The molecule has 0 unspecified atom stereocenters. The standard InChI is InChI=1S/C46H29NOS/c1-2-11-31-26-33(23-22-30(31)10-1)32-12-7-14-35(27-32)47(37-24-25-43-41(29-37)39-16-3-5-19-42(39)48-43)36-15-8-13-34(28-36)38-18-9-21-45-46(38)40-17-4-6-20-44(40)49-45/h1-29H. The lowest BCUT2D eigenvalue weighted by atomic mass is 9.98. The van der Waals surface area contributed by atoms with Crippen LogP contribution < -0.4 is 4.90 Å². The lowest BCUT2D eigenvalue weighted by molar-refractivity contribution is 0.669. The van der Waals surface area contributed by atoms with E-state index >= 15 is 0 Å². The van der Waals surface area contributed by atoms with Crippen LogP contribution in [0.25, 0.3) is 75.1 Å². The summed E-state index contributed by atoms with van der Waals surface area (Å²) in [7, 11) is 0. The highest BCUT2D eigenvalue weighted by Gasteiger charge is 2.18. The molecule has 230 valence electrons. The molecule has 49 heavy (non-hydrogen) atoms. The smallest absolute Gasteiger partial charge is 0.135 e. The Bertz CT molecular complexity index is 2860. The van der Waals surface area contributed by atoms with E-state index in [4.69, 9.17) is 4.42 Å². The van der Waals surface area contributed by atoms with Crippen molar-refractivity contribution in [3.05, 3.63) is 176 Å². The van der Waals surface area contributed by atoms with Crippen LogP contribution in [-0.4, -0.2) is 0 Å². The van der Waals surface area contributed by atoms with E-state index in [1.165, 1.54) is 53.2 Å². The van der Waals surface area contributed by atoms with Gasteiger partial charge in [-0.3, -0.25) is 0 Å². The van der Waals surface area contributed by atoms with Crippen LogP contribution in [0.2, 0.25) is 0 Å². The molecule has 2 aromatic heterocycles. The summed E-state index contributed by atoms with van der Waals surface area (Å²) in [6.07, 6.45) is 0. The molecule has 10 aromatic rings. The maximum Gasteiger partial charge on any atom is 0.135 e. The summed E-state index contributed by atoms with van der Waals surface area (Å²) >= 11 is 1.86. The van der Waals surface area contributed by atoms with Crippen LogP contribution in [0.4, 0.5) is 17.1 Å². The van der Waals surface area contributed by atoms with E-state index in [-0.39, 0.29) is 0 Å². The van der Waals surface area contributed by atoms with Crippen LogP contribution in [-0.2, 0) is 0 Å². The molecule has 0 amide bonds. The van der Waals surface area contributed by atoms with Crippen molar-refractivity contribution in [2.45, 2.75) is 0 Å². The molecule has 0 saturated heterocycles. The quantitative estimate of drug-likeness (QED) is 0.186. The minimum Gasteiger partial charge on any atom is -0.456 e. The number of fused-ring (bicyclic) bond motifs is 7. The average molecular weight is 644 g/mol. The predicted molar refractivity (Wildman–Crippen MR) is 210 cm³/mol. The lowest BCUT2D eigenvalue weighted by Gasteiger charge is -2.27. The molecule has 0 N–H and O–H groups in total. The number of nitrogens with zero attached hydrogens (tertiary/aromatic N) is 1. The predicted octanol–water partition coefficient (Wildman–Crippen LogP) is 13.9. The van der Waals surface area contributed by atoms with Crippen LogP contribution >= 0.6 is 11.3 Å². The van der Waals surface area contributed by atoms with E-state index in [9.17, 15) is 0 Å². The monoisotopic (exact) mass is 643 g/mol. The van der Waals surface area contributed by atoms with E-state index in [0.717, 1.165) is 39.0 Å².